The van der Waals surface area contributed by atoms with E-state index in [1.807, 2.05) is 31.3 Å². The summed E-state index contributed by atoms with van der Waals surface area (Å²) in [6.07, 6.45) is 3.60. The van der Waals surface area contributed by atoms with E-state index in [0.29, 0.717) is 18.8 Å². The van der Waals surface area contributed by atoms with Gasteiger partial charge in [-0.05, 0) is 23.6 Å². The third kappa shape index (κ3) is 3.33. The third-order valence-electron chi connectivity index (χ3n) is 4.64. The van der Waals surface area contributed by atoms with Gasteiger partial charge in [0.15, 0.2) is 11.5 Å². The first-order valence-corrected chi connectivity index (χ1v) is 8.56. The van der Waals surface area contributed by atoms with Crippen LogP contribution in [0.4, 0.5) is 0 Å². The van der Waals surface area contributed by atoms with Crippen molar-refractivity contribution in [3.8, 4) is 0 Å². The predicted octanol–water partition coefficient (Wildman–Crippen LogP) is 2.05. The van der Waals surface area contributed by atoms with E-state index >= 15 is 0 Å². The van der Waals surface area contributed by atoms with Gasteiger partial charge in [-0.1, -0.05) is 29.4 Å². The summed E-state index contributed by atoms with van der Waals surface area (Å²) in [5.41, 5.74) is 2.78. The molecule has 1 amide bonds. The second-order valence-corrected chi connectivity index (χ2v) is 6.67. The van der Waals surface area contributed by atoms with Crippen LogP contribution in [0.2, 0.25) is 0 Å². The molecular formula is C19H18N4O4. The van der Waals surface area contributed by atoms with E-state index < -0.39 is 11.9 Å². The minimum absolute atomic E-state index is 0.103. The molecule has 0 saturated carbocycles. The van der Waals surface area contributed by atoms with Crippen LogP contribution < -0.4 is 0 Å². The Labute approximate surface area is 155 Å². The number of carbonyl (C=O) groups excluding carboxylic acids is 1. The molecule has 0 saturated heterocycles. The topological polar surface area (TPSA) is 101 Å². The summed E-state index contributed by atoms with van der Waals surface area (Å²) in [4.78, 5) is 26.0. The Bertz CT molecular complexity index is 1010. The summed E-state index contributed by atoms with van der Waals surface area (Å²) in [6.45, 7) is 2.76. The zero-order valence-electron chi connectivity index (χ0n) is 14.7. The average Bonchev–Trinajstić information content (AvgIpc) is 3.29. The molecule has 1 N–H and O–H groups in total. The van der Waals surface area contributed by atoms with Crippen molar-refractivity contribution in [3.63, 3.8) is 0 Å². The molecular weight excluding hydrogens is 348 g/mol. The second kappa shape index (κ2) is 6.71. The molecule has 0 bridgehead atoms. The molecule has 0 spiro atoms. The zero-order valence-corrected chi connectivity index (χ0v) is 14.7. The third-order valence-corrected chi connectivity index (χ3v) is 4.64. The van der Waals surface area contributed by atoms with Crippen molar-refractivity contribution in [2.75, 3.05) is 6.54 Å². The standard InChI is InChI=1S/C19H18N4O4/c1-12-7-20-23(8-12)10-14-6-17(21-27-14)18(24)22-9-13-4-2-3-5-15(13)16(11-22)19(25)26/h2-8,16H,9-11H2,1H3,(H,25,26). The van der Waals surface area contributed by atoms with Crippen LogP contribution in [0.1, 0.15) is 38.9 Å². The van der Waals surface area contributed by atoms with E-state index in [1.54, 1.807) is 23.0 Å². The van der Waals surface area contributed by atoms with E-state index in [-0.39, 0.29) is 18.1 Å². The van der Waals surface area contributed by atoms with Gasteiger partial charge in [-0.25, -0.2) is 0 Å². The summed E-state index contributed by atoms with van der Waals surface area (Å²) in [6, 6.07) is 8.88. The number of nitrogens with zero attached hydrogens (tertiary/aromatic N) is 4. The molecule has 0 radical (unpaired) electrons. The van der Waals surface area contributed by atoms with Crippen LogP contribution in [-0.2, 0) is 17.9 Å². The molecule has 138 valence electrons. The molecule has 8 nitrogen and oxygen atoms in total. The van der Waals surface area contributed by atoms with E-state index in [9.17, 15) is 14.7 Å². The highest BCUT2D eigenvalue weighted by molar-refractivity contribution is 5.93. The summed E-state index contributed by atoms with van der Waals surface area (Å²) < 4.78 is 6.96. The molecule has 1 aromatic carbocycles. The lowest BCUT2D eigenvalue weighted by molar-refractivity contribution is -0.139. The largest absolute Gasteiger partial charge is 0.481 e. The Kier molecular flexibility index (Phi) is 4.23. The van der Waals surface area contributed by atoms with Gasteiger partial charge in [0.05, 0.1) is 12.1 Å². The van der Waals surface area contributed by atoms with E-state index in [0.717, 1.165) is 16.7 Å². The maximum Gasteiger partial charge on any atom is 0.312 e. The zero-order chi connectivity index (χ0) is 19.0. The van der Waals surface area contributed by atoms with Crippen molar-refractivity contribution in [1.29, 1.82) is 0 Å². The lowest BCUT2D eigenvalue weighted by atomic mass is 9.89. The van der Waals surface area contributed by atoms with Gasteiger partial charge >= 0.3 is 5.97 Å². The fraction of sp³-hybridized carbons (Fsp3) is 0.263. The van der Waals surface area contributed by atoms with Gasteiger partial charge in [-0.3, -0.25) is 14.3 Å². The quantitative estimate of drug-likeness (QED) is 0.758. The van der Waals surface area contributed by atoms with Crippen LogP contribution in [0.15, 0.2) is 47.2 Å². The van der Waals surface area contributed by atoms with Gasteiger partial charge in [-0.15, -0.1) is 0 Å². The molecule has 1 atom stereocenters. The number of carbonyl (C=O) groups is 2. The Balaban J connectivity index is 1.54. The molecule has 27 heavy (non-hydrogen) atoms. The van der Waals surface area contributed by atoms with E-state index in [4.69, 9.17) is 4.52 Å². The molecule has 1 aliphatic rings. The monoisotopic (exact) mass is 366 g/mol. The molecule has 1 unspecified atom stereocenters. The first-order valence-electron chi connectivity index (χ1n) is 8.56. The molecule has 3 heterocycles. The first kappa shape index (κ1) is 17.0. The number of carboxylic acid groups (broad SMARTS) is 1. The van der Waals surface area contributed by atoms with Gasteiger partial charge in [0.25, 0.3) is 5.91 Å². The second-order valence-electron chi connectivity index (χ2n) is 6.67. The molecule has 8 heteroatoms. The van der Waals surface area contributed by atoms with Crippen LogP contribution in [0, 0.1) is 6.92 Å². The van der Waals surface area contributed by atoms with E-state index in [2.05, 4.69) is 10.3 Å². The Morgan fingerprint density at radius 2 is 2.15 bits per heavy atom. The van der Waals surface area contributed by atoms with Crippen molar-refractivity contribution in [1.82, 2.24) is 19.8 Å². The normalized spacial score (nSPS) is 16.2. The van der Waals surface area contributed by atoms with Crippen molar-refractivity contribution in [3.05, 3.63) is 70.9 Å². The number of fused-ring (bicyclic) bond motifs is 1. The average molecular weight is 366 g/mol. The fourth-order valence-electron chi connectivity index (χ4n) is 3.34. The van der Waals surface area contributed by atoms with Crippen LogP contribution in [-0.4, -0.2) is 43.4 Å². The maximum absolute atomic E-state index is 12.8. The van der Waals surface area contributed by atoms with Gasteiger partial charge in [0.2, 0.25) is 0 Å². The Hall–Kier alpha value is -3.42. The SMILES string of the molecule is Cc1cnn(Cc2cc(C(=O)N3Cc4ccccc4C(C(=O)O)C3)no2)c1. The highest BCUT2D eigenvalue weighted by Crippen LogP contribution is 2.29. The molecule has 4 rings (SSSR count). The smallest absolute Gasteiger partial charge is 0.312 e. The first-order chi connectivity index (χ1) is 13.0. The number of hydrogen-bond acceptors (Lipinski definition) is 5. The van der Waals surface area contributed by atoms with Crippen molar-refractivity contribution < 1.29 is 19.2 Å². The number of rotatable bonds is 4. The van der Waals surface area contributed by atoms with Crippen molar-refractivity contribution in [2.45, 2.75) is 25.9 Å². The maximum atomic E-state index is 12.8. The molecule has 2 aromatic heterocycles. The number of hydrogen-bond donors (Lipinski definition) is 1. The summed E-state index contributed by atoms with van der Waals surface area (Å²) in [7, 11) is 0. The molecule has 0 aliphatic carbocycles. The molecule has 0 fully saturated rings. The Morgan fingerprint density at radius 3 is 2.89 bits per heavy atom. The summed E-state index contributed by atoms with van der Waals surface area (Å²) >= 11 is 0. The highest BCUT2D eigenvalue weighted by atomic mass is 16.5. The number of carboxylic acids is 1. The summed E-state index contributed by atoms with van der Waals surface area (Å²) in [5, 5.41) is 17.6. The number of aryl methyl sites for hydroxylation is 1. The molecule has 3 aromatic rings. The number of aromatic nitrogens is 3. The van der Waals surface area contributed by atoms with Crippen LogP contribution in [0.25, 0.3) is 0 Å². The van der Waals surface area contributed by atoms with Gasteiger partial charge in [0.1, 0.15) is 6.54 Å². The minimum Gasteiger partial charge on any atom is -0.481 e. The highest BCUT2D eigenvalue weighted by Gasteiger charge is 2.33. The Morgan fingerprint density at radius 1 is 1.33 bits per heavy atom. The van der Waals surface area contributed by atoms with Gasteiger partial charge < -0.3 is 14.5 Å². The van der Waals surface area contributed by atoms with Gasteiger partial charge in [-0.2, -0.15) is 5.10 Å². The summed E-state index contributed by atoms with van der Waals surface area (Å²) in [5.74, 6) is -1.54. The van der Waals surface area contributed by atoms with Gasteiger partial charge in [0, 0.05) is 25.4 Å². The number of aliphatic carboxylic acids is 1. The fourth-order valence-corrected chi connectivity index (χ4v) is 3.34. The predicted molar refractivity (Wildman–Crippen MR) is 94.1 cm³/mol. The number of benzene rings is 1. The minimum atomic E-state index is -0.949. The van der Waals surface area contributed by atoms with Crippen LogP contribution >= 0.6 is 0 Å². The van der Waals surface area contributed by atoms with Crippen molar-refractivity contribution >= 4 is 11.9 Å². The number of amides is 1. The molecule has 1 aliphatic heterocycles. The van der Waals surface area contributed by atoms with Crippen molar-refractivity contribution in [2.24, 2.45) is 0 Å². The van der Waals surface area contributed by atoms with Crippen LogP contribution in [0.5, 0.6) is 0 Å². The van der Waals surface area contributed by atoms with Crippen LogP contribution in [0.3, 0.4) is 0 Å². The van der Waals surface area contributed by atoms with E-state index in [1.165, 1.54) is 4.90 Å². The lowest BCUT2D eigenvalue weighted by Gasteiger charge is -2.32. The lowest BCUT2D eigenvalue weighted by Crippen LogP contribution is -2.40.